The van der Waals surface area contributed by atoms with Crippen LogP contribution in [0.5, 0.6) is 17.2 Å². The molecule has 1 saturated heterocycles. The van der Waals surface area contributed by atoms with Crippen LogP contribution in [-0.4, -0.2) is 40.6 Å². The van der Waals surface area contributed by atoms with Gasteiger partial charge in [-0.05, 0) is 66.6 Å². The van der Waals surface area contributed by atoms with E-state index in [0.29, 0.717) is 39.9 Å². The number of aliphatic hydroxyl groups excluding tert-OH is 1. The van der Waals surface area contributed by atoms with Crippen molar-refractivity contribution in [1.29, 1.82) is 0 Å². The van der Waals surface area contributed by atoms with Gasteiger partial charge in [0.2, 0.25) is 0 Å². The minimum absolute atomic E-state index is 0.0375. The topological polar surface area (TPSA) is 109 Å². The zero-order chi connectivity index (χ0) is 26.1. The number of carbonyl (C=O) groups excluding carboxylic acids is 2. The number of aliphatic hydroxyl groups is 1. The van der Waals surface area contributed by atoms with Gasteiger partial charge in [-0.25, -0.2) is 4.98 Å². The van der Waals surface area contributed by atoms with Gasteiger partial charge in [0.25, 0.3) is 5.78 Å². The minimum Gasteiger partial charge on any atom is -0.508 e. The number of anilines is 1. The maximum atomic E-state index is 13.4. The molecule has 0 spiro atoms. The van der Waals surface area contributed by atoms with Gasteiger partial charge in [0.15, 0.2) is 5.13 Å². The maximum absolute atomic E-state index is 13.4. The lowest BCUT2D eigenvalue weighted by Crippen LogP contribution is -2.29. The summed E-state index contributed by atoms with van der Waals surface area (Å²) < 4.78 is 11.7. The number of hydrogen-bond acceptors (Lipinski definition) is 8. The monoisotopic (exact) mass is 516 g/mol. The summed E-state index contributed by atoms with van der Waals surface area (Å²) in [6.07, 6.45) is 0.857. The minimum atomic E-state index is -0.945. The molecule has 1 unspecified atom stereocenters. The SMILES string of the molecule is CCCOc1ccc(C(O)=C2C(=O)C(=O)N(c3nc4ccc(OC)cc4s3)C2c2ccc(O)cc2)cc1. The number of aromatic nitrogens is 1. The summed E-state index contributed by atoms with van der Waals surface area (Å²) in [6.45, 7) is 2.57. The highest BCUT2D eigenvalue weighted by Gasteiger charge is 2.48. The van der Waals surface area contributed by atoms with Crippen LogP contribution in [0.4, 0.5) is 5.13 Å². The number of nitrogens with zero attached hydrogens (tertiary/aromatic N) is 2. The Kier molecular flexibility index (Phi) is 6.54. The van der Waals surface area contributed by atoms with Gasteiger partial charge >= 0.3 is 5.91 Å². The van der Waals surface area contributed by atoms with Crippen molar-refractivity contribution in [2.75, 3.05) is 18.6 Å². The molecule has 8 nitrogen and oxygen atoms in total. The van der Waals surface area contributed by atoms with Crippen LogP contribution in [0.2, 0.25) is 0 Å². The van der Waals surface area contributed by atoms with E-state index in [1.54, 1.807) is 55.6 Å². The second-order valence-corrected chi connectivity index (χ2v) is 9.47. The smallest absolute Gasteiger partial charge is 0.301 e. The molecule has 2 N–H and O–H groups in total. The van der Waals surface area contributed by atoms with Gasteiger partial charge in [-0.3, -0.25) is 14.5 Å². The molecule has 0 radical (unpaired) electrons. The first-order valence-corrected chi connectivity index (χ1v) is 12.5. The predicted molar refractivity (Wildman–Crippen MR) is 141 cm³/mol. The molecule has 3 aromatic carbocycles. The number of amides is 1. The van der Waals surface area contributed by atoms with Gasteiger partial charge in [0, 0.05) is 5.56 Å². The van der Waals surface area contributed by atoms with Crippen molar-refractivity contribution >= 4 is 44.1 Å². The summed E-state index contributed by atoms with van der Waals surface area (Å²) >= 11 is 1.24. The zero-order valence-electron chi connectivity index (χ0n) is 20.2. The van der Waals surface area contributed by atoms with E-state index >= 15 is 0 Å². The van der Waals surface area contributed by atoms with Gasteiger partial charge in [-0.2, -0.15) is 0 Å². The van der Waals surface area contributed by atoms with Crippen LogP contribution < -0.4 is 14.4 Å². The van der Waals surface area contributed by atoms with Crippen LogP contribution in [0.3, 0.4) is 0 Å². The van der Waals surface area contributed by atoms with E-state index in [1.165, 1.54) is 28.4 Å². The van der Waals surface area contributed by atoms with Crippen molar-refractivity contribution in [3.05, 3.63) is 83.4 Å². The van der Waals surface area contributed by atoms with E-state index in [0.717, 1.165) is 11.1 Å². The van der Waals surface area contributed by atoms with Gasteiger partial charge in [0.1, 0.15) is 23.0 Å². The van der Waals surface area contributed by atoms with Gasteiger partial charge < -0.3 is 19.7 Å². The highest BCUT2D eigenvalue weighted by molar-refractivity contribution is 7.22. The third-order valence-electron chi connectivity index (χ3n) is 6.04. The Morgan fingerprint density at radius 3 is 2.41 bits per heavy atom. The highest BCUT2D eigenvalue weighted by atomic mass is 32.1. The molecule has 1 fully saturated rings. The quantitative estimate of drug-likeness (QED) is 0.192. The number of thiazole rings is 1. The summed E-state index contributed by atoms with van der Waals surface area (Å²) in [7, 11) is 1.56. The normalized spacial score (nSPS) is 16.9. The predicted octanol–water partition coefficient (Wildman–Crippen LogP) is 5.43. The third-order valence-corrected chi connectivity index (χ3v) is 7.06. The number of hydrogen-bond donors (Lipinski definition) is 2. The number of rotatable bonds is 7. The average molecular weight is 517 g/mol. The number of methoxy groups -OCH3 is 1. The molecule has 1 atom stereocenters. The molecular weight excluding hydrogens is 492 g/mol. The number of Topliss-reactive ketones (excluding diaryl/α,β-unsaturated/α-hetero) is 1. The van der Waals surface area contributed by atoms with Crippen molar-refractivity contribution in [2.45, 2.75) is 19.4 Å². The molecule has 37 heavy (non-hydrogen) atoms. The Balaban J connectivity index is 1.64. The molecule has 0 aliphatic carbocycles. The Morgan fingerprint density at radius 2 is 1.73 bits per heavy atom. The first-order valence-electron chi connectivity index (χ1n) is 11.7. The number of ether oxygens (including phenoxy) is 2. The fourth-order valence-electron chi connectivity index (χ4n) is 4.21. The lowest BCUT2D eigenvalue weighted by Gasteiger charge is -2.23. The van der Waals surface area contributed by atoms with Crippen LogP contribution in [0.25, 0.3) is 16.0 Å². The van der Waals surface area contributed by atoms with E-state index in [9.17, 15) is 19.8 Å². The lowest BCUT2D eigenvalue weighted by atomic mass is 9.95. The van der Waals surface area contributed by atoms with Gasteiger partial charge in [-0.1, -0.05) is 30.4 Å². The summed E-state index contributed by atoms with van der Waals surface area (Å²) in [5, 5.41) is 21.4. The summed E-state index contributed by atoms with van der Waals surface area (Å²) in [4.78, 5) is 32.6. The lowest BCUT2D eigenvalue weighted by molar-refractivity contribution is -0.132. The van der Waals surface area contributed by atoms with Crippen LogP contribution >= 0.6 is 11.3 Å². The van der Waals surface area contributed by atoms with E-state index in [2.05, 4.69) is 4.98 Å². The zero-order valence-corrected chi connectivity index (χ0v) is 21.0. The number of ketones is 1. The van der Waals surface area contributed by atoms with Crippen LogP contribution in [-0.2, 0) is 9.59 Å². The summed E-state index contributed by atoms with van der Waals surface area (Å²) in [5.41, 5.74) is 1.50. The van der Waals surface area contributed by atoms with Gasteiger partial charge in [0.05, 0.1) is 35.5 Å². The summed E-state index contributed by atoms with van der Waals surface area (Å²) in [5.74, 6) is -0.600. The largest absolute Gasteiger partial charge is 0.508 e. The van der Waals surface area contributed by atoms with E-state index in [1.807, 2.05) is 13.0 Å². The van der Waals surface area contributed by atoms with Crippen LogP contribution in [0, 0.1) is 0 Å². The Bertz CT molecular complexity index is 1510. The molecule has 1 aliphatic rings. The van der Waals surface area contributed by atoms with Crippen molar-refractivity contribution in [2.24, 2.45) is 0 Å². The number of phenols is 1. The van der Waals surface area contributed by atoms with Crippen molar-refractivity contribution in [3.63, 3.8) is 0 Å². The van der Waals surface area contributed by atoms with E-state index < -0.39 is 17.7 Å². The third kappa shape index (κ3) is 4.49. The van der Waals surface area contributed by atoms with Crippen LogP contribution in [0.15, 0.2) is 72.3 Å². The molecule has 0 saturated carbocycles. The Labute approximate surface area is 217 Å². The molecular formula is C28H24N2O6S. The number of benzene rings is 3. The average Bonchev–Trinajstić information content (AvgIpc) is 3.45. The molecule has 9 heteroatoms. The van der Waals surface area contributed by atoms with Crippen molar-refractivity contribution in [1.82, 2.24) is 4.98 Å². The first-order chi connectivity index (χ1) is 17.9. The van der Waals surface area contributed by atoms with Crippen LogP contribution in [0.1, 0.15) is 30.5 Å². The Hall–Kier alpha value is -4.37. The fraction of sp³-hybridized carbons (Fsp3) is 0.179. The number of aromatic hydroxyl groups is 1. The maximum Gasteiger partial charge on any atom is 0.301 e. The van der Waals surface area contributed by atoms with Crippen molar-refractivity contribution < 1.29 is 29.3 Å². The molecule has 188 valence electrons. The standard InChI is InChI=1S/C28H24N2O6S/c1-3-14-36-19-10-6-17(7-11-19)25(32)23-24(16-4-8-18(31)9-5-16)30(27(34)26(23)33)28-29-21-13-12-20(35-2)15-22(21)37-28/h4-13,15,24,31-32H,3,14H2,1-2H3. The number of carbonyl (C=O) groups is 2. The fourth-order valence-corrected chi connectivity index (χ4v) is 5.23. The molecule has 2 heterocycles. The Morgan fingerprint density at radius 1 is 1.03 bits per heavy atom. The molecule has 1 aromatic heterocycles. The molecule has 1 aliphatic heterocycles. The molecule has 1 amide bonds. The first kappa shape index (κ1) is 24.3. The van der Waals surface area contributed by atoms with E-state index in [4.69, 9.17) is 9.47 Å². The number of fused-ring (bicyclic) bond motifs is 1. The second kappa shape index (κ2) is 9.94. The molecule has 5 rings (SSSR count). The highest BCUT2D eigenvalue weighted by Crippen LogP contribution is 2.45. The van der Waals surface area contributed by atoms with Gasteiger partial charge in [-0.15, -0.1) is 0 Å². The second-order valence-electron chi connectivity index (χ2n) is 8.46. The van der Waals surface area contributed by atoms with Crippen molar-refractivity contribution in [3.8, 4) is 17.2 Å². The molecule has 4 aromatic rings. The van der Waals surface area contributed by atoms with E-state index in [-0.39, 0.29) is 17.1 Å². The number of phenolic OH excluding ortho intramolecular Hbond substituents is 1. The molecule has 0 bridgehead atoms. The summed E-state index contributed by atoms with van der Waals surface area (Å²) in [6, 6.07) is 17.3.